The summed E-state index contributed by atoms with van der Waals surface area (Å²) < 4.78 is 67.0. The van der Waals surface area contributed by atoms with Crippen LogP contribution >= 0.6 is 0 Å². The monoisotopic (exact) mass is 341 g/mol. The highest BCUT2D eigenvalue weighted by molar-refractivity contribution is 7.87. The molecule has 0 saturated carbocycles. The van der Waals surface area contributed by atoms with Crippen LogP contribution in [0.5, 0.6) is 11.5 Å². The first kappa shape index (κ1) is 18.1. The molecule has 22 heavy (non-hydrogen) atoms. The molecule has 0 bridgehead atoms. The van der Waals surface area contributed by atoms with Crippen LogP contribution in [0.15, 0.2) is 24.3 Å². The SMILES string of the molecule is CCN(CC)C(=O)Oc1ccc(OS(=O)(=O)C(F)(F)F)cc1. The van der Waals surface area contributed by atoms with Crippen molar-refractivity contribution in [3.8, 4) is 11.5 Å². The number of carbonyl (C=O) groups is 1. The van der Waals surface area contributed by atoms with Gasteiger partial charge in [0.15, 0.2) is 0 Å². The second-order valence-electron chi connectivity index (χ2n) is 3.99. The van der Waals surface area contributed by atoms with Crippen molar-refractivity contribution in [2.24, 2.45) is 0 Å². The molecule has 0 N–H and O–H groups in total. The van der Waals surface area contributed by atoms with Crippen LogP contribution in [0.1, 0.15) is 13.8 Å². The Labute approximate surface area is 125 Å². The summed E-state index contributed by atoms with van der Waals surface area (Å²) in [5.74, 6) is -0.492. The maximum Gasteiger partial charge on any atom is 0.534 e. The number of benzene rings is 1. The number of hydrogen-bond donors (Lipinski definition) is 0. The maximum absolute atomic E-state index is 12.1. The molecule has 0 aromatic heterocycles. The molecule has 0 spiro atoms. The number of rotatable bonds is 5. The molecule has 1 amide bonds. The topological polar surface area (TPSA) is 72.9 Å². The van der Waals surface area contributed by atoms with Gasteiger partial charge >= 0.3 is 21.7 Å². The maximum atomic E-state index is 12.1. The lowest BCUT2D eigenvalue weighted by atomic mass is 10.3. The van der Waals surface area contributed by atoms with E-state index < -0.39 is 27.5 Å². The molecule has 0 saturated heterocycles. The minimum Gasteiger partial charge on any atom is -0.410 e. The largest absolute Gasteiger partial charge is 0.534 e. The Morgan fingerprint density at radius 2 is 1.55 bits per heavy atom. The van der Waals surface area contributed by atoms with E-state index in [1.54, 1.807) is 13.8 Å². The molecule has 0 unspecified atom stereocenters. The van der Waals surface area contributed by atoms with Crippen molar-refractivity contribution in [2.75, 3.05) is 13.1 Å². The highest BCUT2D eigenvalue weighted by Gasteiger charge is 2.48. The fraction of sp³-hybridized carbons (Fsp3) is 0.417. The van der Waals surface area contributed by atoms with Gasteiger partial charge in [-0.25, -0.2) is 4.79 Å². The molecule has 0 fully saturated rings. The van der Waals surface area contributed by atoms with Gasteiger partial charge in [-0.15, -0.1) is 0 Å². The summed E-state index contributed by atoms with van der Waals surface area (Å²) in [4.78, 5) is 13.0. The fourth-order valence-corrected chi connectivity index (χ4v) is 1.84. The van der Waals surface area contributed by atoms with Crippen molar-refractivity contribution >= 4 is 16.2 Å². The van der Waals surface area contributed by atoms with E-state index >= 15 is 0 Å². The Bertz CT molecular complexity index is 609. The van der Waals surface area contributed by atoms with Crippen LogP contribution in [0.4, 0.5) is 18.0 Å². The van der Waals surface area contributed by atoms with E-state index in [0.717, 1.165) is 24.3 Å². The van der Waals surface area contributed by atoms with Gasteiger partial charge in [-0.3, -0.25) is 0 Å². The summed E-state index contributed by atoms with van der Waals surface area (Å²) in [6.45, 7) is 4.37. The van der Waals surface area contributed by atoms with Crippen molar-refractivity contribution in [2.45, 2.75) is 19.4 Å². The van der Waals surface area contributed by atoms with Gasteiger partial charge in [0.25, 0.3) is 0 Å². The van der Waals surface area contributed by atoms with E-state index in [2.05, 4.69) is 4.18 Å². The van der Waals surface area contributed by atoms with Crippen LogP contribution in [0, 0.1) is 0 Å². The fourth-order valence-electron chi connectivity index (χ4n) is 1.38. The first-order valence-corrected chi connectivity index (χ1v) is 7.59. The van der Waals surface area contributed by atoms with Crippen LogP contribution in [0.3, 0.4) is 0 Å². The lowest BCUT2D eigenvalue weighted by Crippen LogP contribution is -2.33. The van der Waals surface area contributed by atoms with Gasteiger partial charge in [0.05, 0.1) is 0 Å². The molecule has 124 valence electrons. The predicted molar refractivity (Wildman–Crippen MR) is 71.0 cm³/mol. The number of ether oxygens (including phenoxy) is 1. The summed E-state index contributed by atoms with van der Waals surface area (Å²) >= 11 is 0. The second-order valence-corrected chi connectivity index (χ2v) is 5.53. The average molecular weight is 341 g/mol. The van der Waals surface area contributed by atoms with Crippen molar-refractivity contribution in [1.82, 2.24) is 4.90 Å². The first-order valence-electron chi connectivity index (χ1n) is 6.18. The lowest BCUT2D eigenvalue weighted by Gasteiger charge is -2.17. The molecule has 6 nitrogen and oxygen atoms in total. The van der Waals surface area contributed by atoms with Crippen LogP contribution in [-0.2, 0) is 10.1 Å². The van der Waals surface area contributed by atoms with E-state index in [9.17, 15) is 26.4 Å². The normalized spacial score (nSPS) is 11.9. The first-order chi connectivity index (χ1) is 10.1. The quantitative estimate of drug-likeness (QED) is 0.608. The molecule has 0 atom stereocenters. The number of alkyl halides is 3. The summed E-state index contributed by atoms with van der Waals surface area (Å²) in [5, 5.41) is 0. The molecule has 1 aromatic carbocycles. The zero-order valence-corrected chi connectivity index (χ0v) is 12.6. The zero-order chi connectivity index (χ0) is 17.0. The Morgan fingerprint density at radius 3 is 1.95 bits per heavy atom. The molecular weight excluding hydrogens is 327 g/mol. The van der Waals surface area contributed by atoms with Crippen molar-refractivity contribution in [3.05, 3.63) is 24.3 Å². The van der Waals surface area contributed by atoms with Crippen molar-refractivity contribution in [1.29, 1.82) is 0 Å². The van der Waals surface area contributed by atoms with Crippen LogP contribution in [0.25, 0.3) is 0 Å². The third-order valence-electron chi connectivity index (χ3n) is 2.54. The standard InChI is InChI=1S/C12H14F3NO5S/c1-3-16(4-2)11(17)20-9-5-7-10(8-6-9)21-22(18,19)12(13,14)15/h5-8H,3-4H2,1-2H3. The van der Waals surface area contributed by atoms with Gasteiger partial charge < -0.3 is 13.8 Å². The van der Waals surface area contributed by atoms with Crippen molar-refractivity contribution in [3.63, 3.8) is 0 Å². The van der Waals surface area contributed by atoms with E-state index in [1.165, 1.54) is 4.90 Å². The van der Waals surface area contributed by atoms with Gasteiger partial charge in [0.2, 0.25) is 0 Å². The highest BCUT2D eigenvalue weighted by Crippen LogP contribution is 2.27. The zero-order valence-electron chi connectivity index (χ0n) is 11.8. The van der Waals surface area contributed by atoms with Crippen LogP contribution in [-0.4, -0.2) is 38.0 Å². The van der Waals surface area contributed by atoms with Gasteiger partial charge in [-0.1, -0.05) is 0 Å². The molecule has 0 aliphatic carbocycles. The van der Waals surface area contributed by atoms with Crippen molar-refractivity contribution < 1.29 is 35.3 Å². The van der Waals surface area contributed by atoms with Gasteiger partial charge in [0, 0.05) is 13.1 Å². The van der Waals surface area contributed by atoms with Crippen LogP contribution in [0.2, 0.25) is 0 Å². The van der Waals surface area contributed by atoms with E-state index in [4.69, 9.17) is 4.74 Å². The van der Waals surface area contributed by atoms with Crippen LogP contribution < -0.4 is 8.92 Å². The highest BCUT2D eigenvalue weighted by atomic mass is 32.2. The Morgan fingerprint density at radius 1 is 1.09 bits per heavy atom. The molecule has 0 aliphatic rings. The molecule has 10 heteroatoms. The number of amides is 1. The Balaban J connectivity index is 2.78. The van der Waals surface area contributed by atoms with Gasteiger partial charge in [0.1, 0.15) is 11.5 Å². The van der Waals surface area contributed by atoms with E-state index in [0.29, 0.717) is 13.1 Å². The molecule has 0 radical (unpaired) electrons. The molecule has 1 aromatic rings. The Hall–Kier alpha value is -1.97. The smallest absolute Gasteiger partial charge is 0.410 e. The second kappa shape index (κ2) is 6.86. The third kappa shape index (κ3) is 4.52. The third-order valence-corrected chi connectivity index (χ3v) is 3.52. The molecular formula is C12H14F3NO5S. The van der Waals surface area contributed by atoms with E-state index in [1.807, 2.05) is 0 Å². The predicted octanol–water partition coefficient (Wildman–Crippen LogP) is 2.76. The summed E-state index contributed by atoms with van der Waals surface area (Å²) in [7, 11) is -5.72. The number of halogens is 3. The minimum absolute atomic E-state index is 0.0497. The van der Waals surface area contributed by atoms with Gasteiger partial charge in [-0.05, 0) is 38.1 Å². The number of carbonyl (C=O) groups excluding carboxylic acids is 1. The average Bonchev–Trinajstić information content (AvgIpc) is 2.41. The summed E-state index contributed by atoms with van der Waals surface area (Å²) in [6, 6.07) is 4.16. The number of hydrogen-bond acceptors (Lipinski definition) is 5. The lowest BCUT2D eigenvalue weighted by molar-refractivity contribution is -0.0500. The molecule has 0 aliphatic heterocycles. The molecule has 1 rings (SSSR count). The summed E-state index contributed by atoms with van der Waals surface area (Å²) in [6.07, 6.45) is -0.624. The number of nitrogens with zero attached hydrogens (tertiary/aromatic N) is 1. The van der Waals surface area contributed by atoms with E-state index in [-0.39, 0.29) is 5.75 Å². The summed E-state index contributed by atoms with van der Waals surface area (Å²) in [5.41, 5.74) is -5.51. The Kier molecular flexibility index (Phi) is 5.64. The van der Waals surface area contributed by atoms with Gasteiger partial charge in [-0.2, -0.15) is 21.6 Å². The molecule has 0 heterocycles. The minimum atomic E-state index is -5.72.